The van der Waals surface area contributed by atoms with Crippen LogP contribution in [0, 0.1) is 12.7 Å². The van der Waals surface area contributed by atoms with Gasteiger partial charge in [-0.15, -0.1) is 0 Å². The Kier molecular flexibility index (Phi) is 3.85. The molecule has 3 N–H and O–H groups in total. The van der Waals surface area contributed by atoms with Crippen molar-refractivity contribution in [3.8, 4) is 0 Å². The molecule has 19 heavy (non-hydrogen) atoms. The number of nitrogen functional groups attached to an aromatic ring is 1. The standard InChI is InChI=1S/C14H12BrFN2O/c1-8-10(15)3-2-4-13(8)18-14(19)9-5-6-12(17)11(16)7-9/h2-7H,17H2,1H3,(H,18,19). The molecule has 5 heteroatoms. The van der Waals surface area contributed by atoms with Crippen molar-refractivity contribution in [1.29, 1.82) is 0 Å². The van der Waals surface area contributed by atoms with E-state index in [1.54, 1.807) is 6.07 Å². The summed E-state index contributed by atoms with van der Waals surface area (Å²) < 4.78 is 14.2. The third-order valence-electron chi connectivity index (χ3n) is 2.78. The monoisotopic (exact) mass is 322 g/mol. The van der Waals surface area contributed by atoms with Crippen molar-refractivity contribution in [2.45, 2.75) is 6.92 Å². The summed E-state index contributed by atoms with van der Waals surface area (Å²) in [7, 11) is 0. The maximum atomic E-state index is 13.3. The number of hydrogen-bond acceptors (Lipinski definition) is 2. The molecule has 0 saturated carbocycles. The van der Waals surface area contributed by atoms with Crippen LogP contribution in [-0.4, -0.2) is 5.91 Å². The molecule has 2 aromatic rings. The minimum Gasteiger partial charge on any atom is -0.396 e. The molecule has 0 atom stereocenters. The lowest BCUT2D eigenvalue weighted by Gasteiger charge is -2.10. The molecule has 0 heterocycles. The van der Waals surface area contributed by atoms with Gasteiger partial charge in [-0.25, -0.2) is 4.39 Å². The quantitative estimate of drug-likeness (QED) is 0.828. The van der Waals surface area contributed by atoms with Gasteiger partial charge >= 0.3 is 0 Å². The van der Waals surface area contributed by atoms with Crippen LogP contribution in [-0.2, 0) is 0 Å². The highest BCUT2D eigenvalue weighted by Crippen LogP contribution is 2.24. The first-order valence-corrected chi connectivity index (χ1v) is 6.40. The van der Waals surface area contributed by atoms with Gasteiger partial charge in [-0.3, -0.25) is 4.79 Å². The summed E-state index contributed by atoms with van der Waals surface area (Å²) in [4.78, 5) is 12.0. The topological polar surface area (TPSA) is 55.1 Å². The zero-order valence-electron chi connectivity index (χ0n) is 10.2. The van der Waals surface area contributed by atoms with Gasteiger partial charge in [0.2, 0.25) is 0 Å². The van der Waals surface area contributed by atoms with Gasteiger partial charge in [-0.05, 0) is 42.8 Å². The van der Waals surface area contributed by atoms with Crippen molar-refractivity contribution in [3.63, 3.8) is 0 Å². The number of nitrogens with two attached hydrogens (primary N) is 1. The molecular formula is C14H12BrFN2O. The molecule has 2 aromatic carbocycles. The zero-order valence-corrected chi connectivity index (χ0v) is 11.8. The minimum atomic E-state index is -0.599. The van der Waals surface area contributed by atoms with Crippen LogP contribution in [0.4, 0.5) is 15.8 Å². The summed E-state index contributed by atoms with van der Waals surface area (Å²) in [5, 5.41) is 2.74. The molecular weight excluding hydrogens is 311 g/mol. The molecule has 1 amide bonds. The van der Waals surface area contributed by atoms with E-state index >= 15 is 0 Å². The summed E-state index contributed by atoms with van der Waals surface area (Å²) >= 11 is 3.39. The lowest BCUT2D eigenvalue weighted by atomic mass is 10.1. The zero-order chi connectivity index (χ0) is 14.0. The third-order valence-corrected chi connectivity index (χ3v) is 3.64. The molecule has 0 aliphatic carbocycles. The molecule has 0 aliphatic heterocycles. The van der Waals surface area contributed by atoms with Gasteiger partial charge in [0.1, 0.15) is 5.82 Å². The molecule has 0 fully saturated rings. The predicted octanol–water partition coefficient (Wildman–Crippen LogP) is 3.73. The second-order valence-corrected chi connectivity index (χ2v) is 4.96. The lowest BCUT2D eigenvalue weighted by Crippen LogP contribution is -2.13. The number of halogens is 2. The number of nitrogens with one attached hydrogen (secondary N) is 1. The van der Waals surface area contributed by atoms with Crippen molar-refractivity contribution in [3.05, 3.63) is 57.8 Å². The highest BCUT2D eigenvalue weighted by Gasteiger charge is 2.10. The number of anilines is 2. The van der Waals surface area contributed by atoms with Crippen molar-refractivity contribution < 1.29 is 9.18 Å². The molecule has 0 bridgehead atoms. The normalized spacial score (nSPS) is 10.3. The van der Waals surface area contributed by atoms with Gasteiger partial charge in [-0.1, -0.05) is 22.0 Å². The molecule has 2 rings (SSSR count). The third kappa shape index (κ3) is 2.93. The van der Waals surface area contributed by atoms with Gasteiger partial charge in [0.05, 0.1) is 5.69 Å². The fourth-order valence-electron chi connectivity index (χ4n) is 1.61. The molecule has 0 aliphatic rings. The van der Waals surface area contributed by atoms with Crippen molar-refractivity contribution in [2.75, 3.05) is 11.1 Å². The van der Waals surface area contributed by atoms with Crippen LogP contribution in [0.1, 0.15) is 15.9 Å². The smallest absolute Gasteiger partial charge is 0.255 e. The van der Waals surface area contributed by atoms with E-state index in [-0.39, 0.29) is 17.2 Å². The van der Waals surface area contributed by atoms with Crippen LogP contribution in [0.3, 0.4) is 0 Å². The fraction of sp³-hybridized carbons (Fsp3) is 0.0714. The molecule has 3 nitrogen and oxygen atoms in total. The average molecular weight is 323 g/mol. The van der Waals surface area contributed by atoms with Gasteiger partial charge in [-0.2, -0.15) is 0 Å². The average Bonchev–Trinajstić information content (AvgIpc) is 2.38. The Bertz CT molecular complexity index is 643. The number of benzene rings is 2. The Labute approximate surface area is 118 Å². The number of rotatable bonds is 2. The van der Waals surface area contributed by atoms with E-state index < -0.39 is 5.82 Å². The van der Waals surface area contributed by atoms with Crippen LogP contribution in [0.5, 0.6) is 0 Å². The van der Waals surface area contributed by atoms with E-state index in [9.17, 15) is 9.18 Å². The van der Waals surface area contributed by atoms with Gasteiger partial charge in [0, 0.05) is 15.7 Å². The van der Waals surface area contributed by atoms with E-state index in [4.69, 9.17) is 5.73 Å². The molecule has 0 radical (unpaired) electrons. The number of carbonyl (C=O) groups excluding carboxylic acids is 1. The minimum absolute atomic E-state index is 0.0233. The Morgan fingerprint density at radius 1 is 1.32 bits per heavy atom. The van der Waals surface area contributed by atoms with Crippen molar-refractivity contribution in [1.82, 2.24) is 0 Å². The van der Waals surface area contributed by atoms with Gasteiger partial charge < -0.3 is 11.1 Å². The van der Waals surface area contributed by atoms with Crippen LogP contribution in [0.15, 0.2) is 40.9 Å². The maximum absolute atomic E-state index is 13.3. The van der Waals surface area contributed by atoms with Crippen LogP contribution in [0.25, 0.3) is 0 Å². The van der Waals surface area contributed by atoms with Crippen molar-refractivity contribution >= 4 is 33.2 Å². The summed E-state index contributed by atoms with van der Waals surface area (Å²) in [5.41, 5.74) is 7.21. The van der Waals surface area contributed by atoms with Crippen LogP contribution >= 0.6 is 15.9 Å². The largest absolute Gasteiger partial charge is 0.396 e. The number of hydrogen-bond donors (Lipinski definition) is 2. The fourth-order valence-corrected chi connectivity index (χ4v) is 1.97. The first-order valence-electron chi connectivity index (χ1n) is 5.60. The second-order valence-electron chi connectivity index (χ2n) is 4.10. The Balaban J connectivity index is 2.26. The van der Waals surface area contributed by atoms with E-state index in [1.165, 1.54) is 12.1 Å². The first-order chi connectivity index (χ1) is 8.99. The molecule has 0 spiro atoms. The summed E-state index contributed by atoms with van der Waals surface area (Å²) in [6, 6.07) is 9.47. The van der Waals surface area contributed by atoms with Crippen molar-refractivity contribution in [2.24, 2.45) is 0 Å². The van der Waals surface area contributed by atoms with Gasteiger partial charge in [0.15, 0.2) is 0 Å². The first kappa shape index (κ1) is 13.5. The van der Waals surface area contributed by atoms with E-state index in [1.807, 2.05) is 19.1 Å². The van der Waals surface area contributed by atoms with Crippen LogP contribution < -0.4 is 11.1 Å². The van der Waals surface area contributed by atoms with E-state index in [0.717, 1.165) is 16.1 Å². The summed E-state index contributed by atoms with van der Waals surface area (Å²) in [6.45, 7) is 1.88. The predicted molar refractivity (Wildman–Crippen MR) is 77.6 cm³/mol. The summed E-state index contributed by atoms with van der Waals surface area (Å²) in [5.74, 6) is -0.973. The Morgan fingerprint density at radius 3 is 2.74 bits per heavy atom. The summed E-state index contributed by atoms with van der Waals surface area (Å²) in [6.07, 6.45) is 0. The highest BCUT2D eigenvalue weighted by atomic mass is 79.9. The SMILES string of the molecule is Cc1c(Br)cccc1NC(=O)c1ccc(N)c(F)c1. The molecule has 0 saturated heterocycles. The second kappa shape index (κ2) is 5.40. The molecule has 98 valence electrons. The maximum Gasteiger partial charge on any atom is 0.255 e. The molecule has 0 aromatic heterocycles. The number of carbonyl (C=O) groups is 1. The highest BCUT2D eigenvalue weighted by molar-refractivity contribution is 9.10. The van der Waals surface area contributed by atoms with E-state index in [2.05, 4.69) is 21.2 Å². The number of amides is 1. The molecule has 0 unspecified atom stereocenters. The van der Waals surface area contributed by atoms with Gasteiger partial charge in [0.25, 0.3) is 5.91 Å². The van der Waals surface area contributed by atoms with E-state index in [0.29, 0.717) is 5.69 Å². The lowest BCUT2D eigenvalue weighted by molar-refractivity contribution is 0.102. The Hall–Kier alpha value is -1.88. The van der Waals surface area contributed by atoms with Crippen LogP contribution in [0.2, 0.25) is 0 Å². The Morgan fingerprint density at radius 2 is 2.05 bits per heavy atom.